The summed E-state index contributed by atoms with van der Waals surface area (Å²) < 4.78 is 8.70. The molecule has 0 fully saturated rings. The van der Waals surface area contributed by atoms with Crippen LogP contribution in [-0.2, 0) is 4.57 Å². The third kappa shape index (κ3) is 23.5. The molecule has 0 bridgehead atoms. The summed E-state index contributed by atoms with van der Waals surface area (Å²) >= 11 is 0. The minimum absolute atomic E-state index is 1.00. The van der Waals surface area contributed by atoms with Crippen molar-refractivity contribution < 1.29 is 14.4 Å². The van der Waals surface area contributed by atoms with E-state index in [1.54, 1.807) is 0 Å². The van der Waals surface area contributed by atoms with Crippen molar-refractivity contribution in [1.29, 1.82) is 0 Å². The quantitative estimate of drug-likeness (QED) is 0.386. The van der Waals surface area contributed by atoms with Gasteiger partial charge in [-0.2, -0.15) is 0 Å². The number of hydrogen-bond acceptors (Lipinski definition) is 1. The Morgan fingerprint density at radius 3 is 1.53 bits per heavy atom. The molecule has 116 valence electrons. The second-order valence-corrected chi connectivity index (χ2v) is 5.70. The summed E-state index contributed by atoms with van der Waals surface area (Å²) in [5, 5.41) is 0. The maximum Gasteiger partial charge on any atom is 0.692 e. The van der Waals surface area contributed by atoms with Crippen molar-refractivity contribution in [3.8, 4) is 0 Å². The highest BCUT2D eigenvalue weighted by Crippen LogP contribution is 2.17. The van der Waals surface area contributed by atoms with Gasteiger partial charge < -0.3 is 0 Å². The highest BCUT2D eigenvalue weighted by molar-refractivity contribution is 7.30. The van der Waals surface area contributed by atoms with E-state index in [1.165, 1.54) is 70.6 Å². The second-order valence-electron chi connectivity index (χ2n) is 5.20. The van der Waals surface area contributed by atoms with Crippen LogP contribution in [0.25, 0.3) is 0 Å². The van der Waals surface area contributed by atoms with Crippen LogP contribution in [0.15, 0.2) is 0 Å². The Bertz CT molecular complexity index is 178. The minimum Gasteiger partial charge on any atom is -0.134 e. The molecule has 0 spiro atoms. The topological polar surface area (TPSA) is 57.5 Å². The van der Waals surface area contributed by atoms with Crippen LogP contribution < -0.4 is 0 Å². The van der Waals surface area contributed by atoms with E-state index in [4.69, 9.17) is 14.4 Å². The summed E-state index contributed by atoms with van der Waals surface area (Å²) in [7, 11) is -2.87. The maximum absolute atomic E-state index is 8.70. The van der Waals surface area contributed by atoms with Gasteiger partial charge in [-0.1, -0.05) is 91.4 Å². The summed E-state index contributed by atoms with van der Waals surface area (Å²) in [4.78, 5) is 14.2. The smallest absolute Gasteiger partial charge is 0.134 e. The van der Waals surface area contributed by atoms with Crippen molar-refractivity contribution in [3.05, 3.63) is 0 Å². The molecule has 0 aromatic heterocycles. The predicted octanol–water partition coefficient (Wildman–Crippen LogP) is 5.58. The summed E-state index contributed by atoms with van der Waals surface area (Å²) in [5.41, 5.74) is 0. The minimum atomic E-state index is -2.87. The molecule has 0 aromatic carbocycles. The van der Waals surface area contributed by atoms with Gasteiger partial charge in [-0.05, 0) is 5.92 Å². The van der Waals surface area contributed by atoms with Crippen molar-refractivity contribution in [2.45, 2.75) is 91.4 Å². The lowest BCUT2D eigenvalue weighted by molar-refractivity contribution is 0.405. The van der Waals surface area contributed by atoms with Crippen molar-refractivity contribution in [2.75, 3.05) is 0 Å². The molecule has 19 heavy (non-hydrogen) atoms. The lowest BCUT2D eigenvalue weighted by Crippen LogP contribution is -1.96. The largest absolute Gasteiger partial charge is 0.692 e. The van der Waals surface area contributed by atoms with Gasteiger partial charge in [-0.3, -0.25) is 0 Å². The Balaban J connectivity index is 0. The Hall–Kier alpha value is 0.0200. The van der Waals surface area contributed by atoms with Crippen LogP contribution >= 0.6 is 8.25 Å². The third-order valence-corrected chi connectivity index (χ3v) is 3.62. The summed E-state index contributed by atoms with van der Waals surface area (Å²) in [5.74, 6) is 1.00. The van der Waals surface area contributed by atoms with E-state index in [2.05, 4.69) is 20.8 Å². The normalized spacial score (nSPS) is 10.2. The van der Waals surface area contributed by atoms with Gasteiger partial charge in [0.2, 0.25) is 0 Å². The molecule has 0 aliphatic heterocycles. The standard InChI is InChI=1S/C15H32.HO3P/c1-4-7-8-9-10-11-12-13-14-15(5-2)6-3;1-4(2)3/h15H,4-14H2,1-3H3;(H-,1,2,3)/p+1. The molecule has 0 aromatic rings. The molecule has 0 saturated heterocycles. The second kappa shape index (κ2) is 18.0. The Kier molecular flexibility index (Phi) is 20.2. The first-order valence-electron chi connectivity index (χ1n) is 7.93. The van der Waals surface area contributed by atoms with Crippen LogP contribution in [0.5, 0.6) is 0 Å². The average molecular weight is 293 g/mol. The molecular weight excluding hydrogens is 259 g/mol. The Morgan fingerprint density at radius 1 is 0.789 bits per heavy atom. The first kappa shape index (κ1) is 21.3. The Morgan fingerprint density at radius 2 is 1.16 bits per heavy atom. The zero-order chi connectivity index (χ0) is 14.9. The molecule has 0 amide bonds. The van der Waals surface area contributed by atoms with Gasteiger partial charge in [-0.15, -0.1) is 9.79 Å². The van der Waals surface area contributed by atoms with Crippen LogP contribution in [0.4, 0.5) is 0 Å². The number of rotatable bonds is 11. The van der Waals surface area contributed by atoms with E-state index < -0.39 is 8.25 Å². The summed E-state index contributed by atoms with van der Waals surface area (Å²) in [6, 6.07) is 0. The van der Waals surface area contributed by atoms with Crippen molar-refractivity contribution >= 4 is 8.25 Å². The van der Waals surface area contributed by atoms with Crippen LogP contribution in [-0.4, -0.2) is 9.79 Å². The van der Waals surface area contributed by atoms with Gasteiger partial charge >= 0.3 is 8.25 Å². The molecule has 0 saturated carbocycles. The highest BCUT2D eigenvalue weighted by Gasteiger charge is 2.01. The molecule has 0 unspecified atom stereocenters. The molecular formula is C15H34O3P+. The molecule has 4 heteroatoms. The number of hydrogen-bond donors (Lipinski definition) is 2. The third-order valence-electron chi connectivity index (χ3n) is 3.62. The van der Waals surface area contributed by atoms with Crippen LogP contribution in [0.1, 0.15) is 91.4 Å². The van der Waals surface area contributed by atoms with Crippen molar-refractivity contribution in [2.24, 2.45) is 5.92 Å². The van der Waals surface area contributed by atoms with Gasteiger partial charge in [0.1, 0.15) is 0 Å². The van der Waals surface area contributed by atoms with Gasteiger partial charge in [-0.25, -0.2) is 0 Å². The lowest BCUT2D eigenvalue weighted by atomic mass is 9.95. The van der Waals surface area contributed by atoms with E-state index >= 15 is 0 Å². The molecule has 2 N–H and O–H groups in total. The first-order valence-corrected chi connectivity index (χ1v) is 9.09. The highest BCUT2D eigenvalue weighted by atomic mass is 31.1. The molecule has 0 rings (SSSR count). The van der Waals surface area contributed by atoms with Crippen LogP contribution in [0.3, 0.4) is 0 Å². The molecule has 0 radical (unpaired) electrons. The summed E-state index contributed by atoms with van der Waals surface area (Å²) in [6.45, 7) is 6.95. The van der Waals surface area contributed by atoms with Crippen LogP contribution in [0, 0.1) is 5.92 Å². The fourth-order valence-electron chi connectivity index (χ4n) is 2.26. The fourth-order valence-corrected chi connectivity index (χ4v) is 2.26. The predicted molar refractivity (Wildman–Crippen MR) is 83.3 cm³/mol. The van der Waals surface area contributed by atoms with E-state index in [0.717, 1.165) is 5.92 Å². The van der Waals surface area contributed by atoms with Gasteiger partial charge in [0.25, 0.3) is 0 Å². The zero-order valence-electron chi connectivity index (χ0n) is 13.1. The first-order chi connectivity index (χ1) is 9.08. The maximum atomic E-state index is 8.70. The SMILES string of the molecule is CCCCCCCCCCC(CC)CC.O=[P+](O)O. The molecule has 0 atom stereocenters. The van der Waals surface area contributed by atoms with Crippen molar-refractivity contribution in [3.63, 3.8) is 0 Å². The molecule has 0 aliphatic rings. The zero-order valence-corrected chi connectivity index (χ0v) is 14.0. The molecule has 0 aliphatic carbocycles. The van der Waals surface area contributed by atoms with Gasteiger partial charge in [0, 0.05) is 4.57 Å². The van der Waals surface area contributed by atoms with E-state index in [9.17, 15) is 0 Å². The number of unbranched alkanes of at least 4 members (excludes halogenated alkanes) is 7. The Labute approximate surface area is 120 Å². The van der Waals surface area contributed by atoms with E-state index in [0.29, 0.717) is 0 Å². The lowest BCUT2D eigenvalue weighted by Gasteiger charge is -2.11. The van der Waals surface area contributed by atoms with E-state index in [1.807, 2.05) is 0 Å². The molecule has 3 nitrogen and oxygen atoms in total. The van der Waals surface area contributed by atoms with Crippen LogP contribution in [0.2, 0.25) is 0 Å². The van der Waals surface area contributed by atoms with Gasteiger partial charge in [0.05, 0.1) is 0 Å². The monoisotopic (exact) mass is 293 g/mol. The van der Waals surface area contributed by atoms with Crippen molar-refractivity contribution in [1.82, 2.24) is 0 Å². The fraction of sp³-hybridized carbons (Fsp3) is 1.00. The average Bonchev–Trinajstić information content (AvgIpc) is 2.36. The summed E-state index contributed by atoms with van der Waals surface area (Å²) in [6.07, 6.45) is 15.9. The molecule has 0 heterocycles. The van der Waals surface area contributed by atoms with E-state index in [-0.39, 0.29) is 0 Å². The van der Waals surface area contributed by atoms with Gasteiger partial charge in [0.15, 0.2) is 0 Å².